The minimum absolute atomic E-state index is 0.0366. The normalized spacial score (nSPS) is 14.7. The van der Waals surface area contributed by atoms with Crippen LogP contribution in [0.2, 0.25) is 10.0 Å². The highest BCUT2D eigenvalue weighted by atomic mass is 79.9. The van der Waals surface area contributed by atoms with Gasteiger partial charge < -0.3 is 10.2 Å². The van der Waals surface area contributed by atoms with Crippen LogP contribution in [0.15, 0.2) is 77.3 Å². The molecular formula is C31H34BrCl2N3O4S. The number of carbonyl (C=O) groups excluding carboxylic acids is 2. The third-order valence-corrected chi connectivity index (χ3v) is 9.54. The number of amides is 2. The van der Waals surface area contributed by atoms with Gasteiger partial charge in [0.25, 0.3) is 0 Å². The molecule has 1 saturated carbocycles. The quantitative estimate of drug-likeness (QED) is 0.245. The average molecular weight is 696 g/mol. The zero-order valence-corrected chi connectivity index (χ0v) is 27.2. The summed E-state index contributed by atoms with van der Waals surface area (Å²) < 4.78 is 27.8. The van der Waals surface area contributed by atoms with Crippen molar-refractivity contribution in [3.05, 3.63) is 98.4 Å². The fourth-order valence-electron chi connectivity index (χ4n) is 5.16. The van der Waals surface area contributed by atoms with Crippen molar-refractivity contribution in [1.29, 1.82) is 0 Å². The summed E-state index contributed by atoms with van der Waals surface area (Å²) in [5, 5.41) is 3.62. The second-order valence-corrected chi connectivity index (χ2v) is 14.2. The van der Waals surface area contributed by atoms with Crippen LogP contribution in [-0.2, 0) is 32.6 Å². The average Bonchev–Trinajstić information content (AvgIpc) is 2.95. The lowest BCUT2D eigenvalue weighted by atomic mass is 9.94. The third kappa shape index (κ3) is 8.96. The molecule has 224 valence electrons. The Balaban J connectivity index is 1.73. The van der Waals surface area contributed by atoms with Crippen LogP contribution in [0, 0.1) is 0 Å². The van der Waals surface area contributed by atoms with Crippen LogP contribution < -0.4 is 9.62 Å². The maximum absolute atomic E-state index is 14.2. The molecule has 0 spiro atoms. The van der Waals surface area contributed by atoms with Crippen molar-refractivity contribution >= 4 is 66.7 Å². The van der Waals surface area contributed by atoms with Crippen molar-refractivity contribution in [1.82, 2.24) is 10.2 Å². The highest BCUT2D eigenvalue weighted by Gasteiger charge is 2.34. The Hall–Kier alpha value is -2.59. The van der Waals surface area contributed by atoms with Gasteiger partial charge >= 0.3 is 0 Å². The number of benzene rings is 3. The molecular weight excluding hydrogens is 661 g/mol. The van der Waals surface area contributed by atoms with E-state index in [1.165, 1.54) is 23.1 Å². The van der Waals surface area contributed by atoms with Crippen LogP contribution in [0.1, 0.15) is 43.2 Å². The molecule has 1 fully saturated rings. The molecule has 0 unspecified atom stereocenters. The first kappa shape index (κ1) is 32.3. The lowest BCUT2D eigenvalue weighted by molar-refractivity contribution is -0.140. The van der Waals surface area contributed by atoms with Crippen LogP contribution in [0.3, 0.4) is 0 Å². The van der Waals surface area contributed by atoms with Crippen molar-refractivity contribution in [3.63, 3.8) is 0 Å². The smallest absolute Gasteiger partial charge is 0.244 e. The van der Waals surface area contributed by atoms with E-state index in [1.54, 1.807) is 0 Å². The lowest BCUT2D eigenvalue weighted by Gasteiger charge is -2.35. The topological polar surface area (TPSA) is 86.8 Å². The van der Waals surface area contributed by atoms with E-state index < -0.39 is 28.5 Å². The fourth-order valence-corrected chi connectivity index (χ4v) is 6.85. The summed E-state index contributed by atoms with van der Waals surface area (Å²) in [6.45, 7) is -0.438. The molecule has 1 aliphatic carbocycles. The van der Waals surface area contributed by atoms with E-state index in [2.05, 4.69) is 21.2 Å². The number of hydrogen-bond donors (Lipinski definition) is 1. The minimum atomic E-state index is -3.94. The number of sulfonamides is 1. The van der Waals surface area contributed by atoms with Crippen molar-refractivity contribution in [2.45, 2.75) is 57.2 Å². The Bertz CT molecular complexity index is 1480. The molecule has 3 aromatic rings. The summed E-state index contributed by atoms with van der Waals surface area (Å²) in [6, 6.07) is 20.5. The Kier molecular flexibility index (Phi) is 11.3. The van der Waals surface area contributed by atoms with Gasteiger partial charge in [-0.05, 0) is 54.3 Å². The molecule has 0 aromatic heterocycles. The van der Waals surface area contributed by atoms with E-state index in [0.717, 1.165) is 58.3 Å². The Morgan fingerprint density at radius 3 is 2.24 bits per heavy atom. The van der Waals surface area contributed by atoms with E-state index in [-0.39, 0.29) is 35.6 Å². The number of rotatable bonds is 11. The summed E-state index contributed by atoms with van der Waals surface area (Å²) in [5.74, 6) is -0.791. The molecule has 7 nitrogen and oxygen atoms in total. The highest BCUT2D eigenvalue weighted by Crippen LogP contribution is 2.31. The SMILES string of the molecule is CS(=O)(=O)N(CC(=O)N(Cc1ccc(Br)cc1)[C@@H](Cc1ccccc1)C(=O)NC1CCCCC1)c1ccc(Cl)cc1Cl. The van der Waals surface area contributed by atoms with Crippen LogP contribution >= 0.6 is 39.1 Å². The van der Waals surface area contributed by atoms with Crippen LogP contribution in [0.4, 0.5) is 5.69 Å². The van der Waals surface area contributed by atoms with Crippen molar-refractivity contribution in [2.24, 2.45) is 0 Å². The Morgan fingerprint density at radius 1 is 0.952 bits per heavy atom. The van der Waals surface area contributed by atoms with E-state index in [4.69, 9.17) is 23.2 Å². The van der Waals surface area contributed by atoms with Gasteiger partial charge in [0.1, 0.15) is 12.6 Å². The zero-order chi connectivity index (χ0) is 30.3. The fraction of sp³-hybridized carbons (Fsp3) is 0.355. The summed E-state index contributed by atoms with van der Waals surface area (Å²) in [4.78, 5) is 29.7. The molecule has 1 atom stereocenters. The van der Waals surface area contributed by atoms with E-state index in [0.29, 0.717) is 5.02 Å². The molecule has 0 radical (unpaired) electrons. The van der Waals surface area contributed by atoms with Gasteiger partial charge in [-0.1, -0.05) is 101 Å². The number of nitrogens with one attached hydrogen (secondary N) is 1. The first-order valence-electron chi connectivity index (χ1n) is 13.8. The van der Waals surface area contributed by atoms with Gasteiger partial charge in [0.2, 0.25) is 21.8 Å². The van der Waals surface area contributed by atoms with Crippen molar-refractivity contribution in [2.75, 3.05) is 17.1 Å². The maximum atomic E-state index is 14.2. The molecule has 0 aliphatic heterocycles. The molecule has 4 rings (SSSR count). The standard InChI is InChI=1S/C31H34BrCl2N3O4S/c1-42(40,41)37(28-17-16-25(33)19-27(28)34)21-30(38)36(20-23-12-14-24(32)15-13-23)29(18-22-8-4-2-5-9-22)31(39)35-26-10-6-3-7-11-26/h2,4-5,8-9,12-17,19,26,29H,3,6-7,10-11,18,20-21H2,1H3,(H,35,39)/t29-/m0/s1. The number of hydrogen-bond acceptors (Lipinski definition) is 4. The second-order valence-electron chi connectivity index (χ2n) is 10.6. The number of halogens is 3. The first-order valence-corrected chi connectivity index (χ1v) is 17.2. The third-order valence-electron chi connectivity index (χ3n) is 7.35. The molecule has 11 heteroatoms. The second kappa shape index (κ2) is 14.7. The predicted octanol–water partition coefficient (Wildman–Crippen LogP) is 6.61. The molecule has 0 heterocycles. The van der Waals surface area contributed by atoms with Gasteiger partial charge in [0.15, 0.2) is 0 Å². The Morgan fingerprint density at radius 2 is 1.62 bits per heavy atom. The predicted molar refractivity (Wildman–Crippen MR) is 172 cm³/mol. The van der Waals surface area contributed by atoms with Gasteiger partial charge in [0, 0.05) is 28.5 Å². The number of carbonyl (C=O) groups is 2. The zero-order valence-electron chi connectivity index (χ0n) is 23.3. The highest BCUT2D eigenvalue weighted by molar-refractivity contribution is 9.10. The summed E-state index contributed by atoms with van der Waals surface area (Å²) in [6.07, 6.45) is 6.29. The molecule has 0 bridgehead atoms. The van der Waals surface area contributed by atoms with Crippen LogP contribution in [-0.4, -0.2) is 50.0 Å². The van der Waals surface area contributed by atoms with Crippen molar-refractivity contribution < 1.29 is 18.0 Å². The van der Waals surface area contributed by atoms with E-state index in [9.17, 15) is 18.0 Å². The van der Waals surface area contributed by atoms with Gasteiger partial charge in [-0.25, -0.2) is 8.42 Å². The lowest BCUT2D eigenvalue weighted by Crippen LogP contribution is -2.55. The van der Waals surface area contributed by atoms with Crippen LogP contribution in [0.5, 0.6) is 0 Å². The molecule has 42 heavy (non-hydrogen) atoms. The van der Waals surface area contributed by atoms with Crippen molar-refractivity contribution in [3.8, 4) is 0 Å². The molecule has 0 saturated heterocycles. The molecule has 3 aromatic carbocycles. The molecule has 1 N–H and O–H groups in total. The van der Waals surface area contributed by atoms with Gasteiger partial charge in [0.05, 0.1) is 17.0 Å². The number of anilines is 1. The summed E-state index contributed by atoms with van der Waals surface area (Å²) in [5.41, 5.74) is 1.81. The summed E-state index contributed by atoms with van der Waals surface area (Å²) in [7, 11) is -3.94. The maximum Gasteiger partial charge on any atom is 0.244 e. The first-order chi connectivity index (χ1) is 20.0. The largest absolute Gasteiger partial charge is 0.352 e. The Labute approximate surface area is 266 Å². The minimum Gasteiger partial charge on any atom is -0.352 e. The number of nitrogens with zero attached hydrogens (tertiary/aromatic N) is 2. The molecule has 2 amide bonds. The van der Waals surface area contributed by atoms with Crippen LogP contribution in [0.25, 0.3) is 0 Å². The van der Waals surface area contributed by atoms with Gasteiger partial charge in [-0.3, -0.25) is 13.9 Å². The van der Waals surface area contributed by atoms with E-state index in [1.807, 2.05) is 54.6 Å². The van der Waals surface area contributed by atoms with Gasteiger partial charge in [-0.2, -0.15) is 0 Å². The molecule has 1 aliphatic rings. The van der Waals surface area contributed by atoms with E-state index >= 15 is 0 Å². The monoisotopic (exact) mass is 693 g/mol. The van der Waals surface area contributed by atoms with Gasteiger partial charge in [-0.15, -0.1) is 0 Å². The summed E-state index contributed by atoms with van der Waals surface area (Å²) >= 11 is 15.9.